The van der Waals surface area contributed by atoms with Crippen LogP contribution >= 0.6 is 0 Å². The van der Waals surface area contributed by atoms with Crippen molar-refractivity contribution in [2.75, 3.05) is 6.61 Å². The Labute approximate surface area is 84.2 Å². The summed E-state index contributed by atoms with van der Waals surface area (Å²) in [5.74, 6) is 0.489. The Bertz CT molecular complexity index is 284. The van der Waals surface area contributed by atoms with Crippen LogP contribution in [-0.2, 0) is 0 Å². The molecule has 1 aliphatic carbocycles. The molecule has 0 saturated heterocycles. The first-order valence-corrected chi connectivity index (χ1v) is 5.15. The maximum atomic E-state index is 9.66. The maximum Gasteiger partial charge on any atom is 0.0596 e. The van der Waals surface area contributed by atoms with Gasteiger partial charge in [-0.1, -0.05) is 30.3 Å². The molecule has 0 bridgehead atoms. The summed E-state index contributed by atoms with van der Waals surface area (Å²) in [6.07, 6.45) is 1.36. The predicted octanol–water partition coefficient (Wildman–Crippen LogP) is 1.53. The molecule has 2 N–H and O–H groups in total. The number of hydrogen-bond acceptors (Lipinski definition) is 2. The van der Waals surface area contributed by atoms with Crippen LogP contribution in [0.5, 0.6) is 0 Å². The molecule has 2 heteroatoms. The third kappa shape index (κ3) is 1.81. The van der Waals surface area contributed by atoms with Gasteiger partial charge in [-0.3, -0.25) is 0 Å². The van der Waals surface area contributed by atoms with Gasteiger partial charge in [0.15, 0.2) is 0 Å². The maximum absolute atomic E-state index is 9.66. The zero-order chi connectivity index (χ0) is 9.97. The molecule has 0 heterocycles. The van der Waals surface area contributed by atoms with E-state index in [0.29, 0.717) is 5.92 Å². The van der Waals surface area contributed by atoms with E-state index < -0.39 is 0 Å². The highest BCUT2D eigenvalue weighted by atomic mass is 16.3. The van der Waals surface area contributed by atoms with E-state index in [9.17, 15) is 5.11 Å². The number of aliphatic hydroxyl groups excluding tert-OH is 2. The Morgan fingerprint density at radius 1 is 1.14 bits per heavy atom. The monoisotopic (exact) mass is 192 g/mol. The topological polar surface area (TPSA) is 40.5 Å². The van der Waals surface area contributed by atoms with Crippen LogP contribution in [0.1, 0.15) is 24.3 Å². The standard InChI is InChI=1S/C12H16O2/c13-8-11-6-10(7-12(11)14)9-4-2-1-3-5-9/h1-5,10-14H,6-8H2. The van der Waals surface area contributed by atoms with Gasteiger partial charge in [0.1, 0.15) is 0 Å². The van der Waals surface area contributed by atoms with E-state index in [0.717, 1.165) is 12.8 Å². The molecule has 3 atom stereocenters. The fourth-order valence-electron chi connectivity index (χ4n) is 2.30. The second-order valence-electron chi connectivity index (χ2n) is 4.09. The largest absolute Gasteiger partial charge is 0.396 e. The third-order valence-corrected chi connectivity index (χ3v) is 3.16. The van der Waals surface area contributed by atoms with Crippen LogP contribution < -0.4 is 0 Å². The van der Waals surface area contributed by atoms with Crippen LogP contribution in [0.2, 0.25) is 0 Å². The van der Waals surface area contributed by atoms with Gasteiger partial charge in [0.25, 0.3) is 0 Å². The quantitative estimate of drug-likeness (QED) is 0.746. The van der Waals surface area contributed by atoms with Crippen molar-refractivity contribution in [1.82, 2.24) is 0 Å². The fourth-order valence-corrected chi connectivity index (χ4v) is 2.30. The minimum Gasteiger partial charge on any atom is -0.396 e. The Hall–Kier alpha value is -0.860. The molecule has 1 fully saturated rings. The van der Waals surface area contributed by atoms with Gasteiger partial charge in [-0.2, -0.15) is 0 Å². The van der Waals surface area contributed by atoms with Gasteiger partial charge in [-0.25, -0.2) is 0 Å². The van der Waals surface area contributed by atoms with Crippen molar-refractivity contribution in [3.8, 4) is 0 Å². The summed E-state index contributed by atoms with van der Waals surface area (Å²) in [5.41, 5.74) is 1.28. The van der Waals surface area contributed by atoms with Crippen molar-refractivity contribution in [1.29, 1.82) is 0 Å². The Morgan fingerprint density at radius 2 is 1.86 bits per heavy atom. The molecule has 2 nitrogen and oxygen atoms in total. The van der Waals surface area contributed by atoms with Gasteiger partial charge in [-0.15, -0.1) is 0 Å². The van der Waals surface area contributed by atoms with Crippen molar-refractivity contribution in [3.05, 3.63) is 35.9 Å². The highest BCUT2D eigenvalue weighted by Crippen LogP contribution is 2.37. The van der Waals surface area contributed by atoms with Crippen molar-refractivity contribution >= 4 is 0 Å². The summed E-state index contributed by atoms with van der Waals surface area (Å²) < 4.78 is 0. The van der Waals surface area contributed by atoms with Gasteiger partial charge in [0.2, 0.25) is 0 Å². The predicted molar refractivity (Wildman–Crippen MR) is 55.0 cm³/mol. The average Bonchev–Trinajstić information content (AvgIpc) is 2.61. The van der Waals surface area contributed by atoms with E-state index in [2.05, 4.69) is 12.1 Å². The van der Waals surface area contributed by atoms with Gasteiger partial charge in [0.05, 0.1) is 6.10 Å². The Morgan fingerprint density at radius 3 is 2.43 bits per heavy atom. The summed E-state index contributed by atoms with van der Waals surface area (Å²) in [6, 6.07) is 10.2. The zero-order valence-corrected chi connectivity index (χ0v) is 8.13. The lowest BCUT2D eigenvalue weighted by atomic mass is 9.97. The lowest BCUT2D eigenvalue weighted by molar-refractivity contribution is 0.0908. The van der Waals surface area contributed by atoms with Crippen molar-refractivity contribution in [2.45, 2.75) is 24.9 Å². The number of aliphatic hydroxyl groups is 2. The number of benzene rings is 1. The highest BCUT2D eigenvalue weighted by molar-refractivity contribution is 5.21. The Balaban J connectivity index is 2.09. The summed E-state index contributed by atoms with van der Waals surface area (Å²) in [7, 11) is 0. The zero-order valence-electron chi connectivity index (χ0n) is 8.13. The highest BCUT2D eigenvalue weighted by Gasteiger charge is 2.32. The first-order chi connectivity index (χ1) is 6.81. The summed E-state index contributed by atoms with van der Waals surface area (Å²) in [4.78, 5) is 0. The third-order valence-electron chi connectivity index (χ3n) is 3.16. The number of rotatable bonds is 2. The van der Waals surface area contributed by atoms with Gasteiger partial charge in [-0.05, 0) is 24.3 Å². The van der Waals surface area contributed by atoms with E-state index in [1.807, 2.05) is 18.2 Å². The molecular weight excluding hydrogens is 176 g/mol. The van der Waals surface area contributed by atoms with Crippen LogP contribution in [0.15, 0.2) is 30.3 Å². The minimum absolute atomic E-state index is 0.0696. The van der Waals surface area contributed by atoms with E-state index in [1.165, 1.54) is 5.56 Å². The van der Waals surface area contributed by atoms with Gasteiger partial charge >= 0.3 is 0 Å². The summed E-state index contributed by atoms with van der Waals surface area (Å²) >= 11 is 0. The van der Waals surface area contributed by atoms with Crippen LogP contribution in [0, 0.1) is 5.92 Å². The molecule has 14 heavy (non-hydrogen) atoms. The molecule has 76 valence electrons. The second-order valence-corrected chi connectivity index (χ2v) is 4.09. The van der Waals surface area contributed by atoms with E-state index >= 15 is 0 Å². The van der Waals surface area contributed by atoms with Crippen molar-refractivity contribution in [2.24, 2.45) is 5.92 Å². The fraction of sp³-hybridized carbons (Fsp3) is 0.500. The molecule has 1 saturated carbocycles. The van der Waals surface area contributed by atoms with Crippen LogP contribution in [0.4, 0.5) is 0 Å². The molecule has 0 aromatic heterocycles. The minimum atomic E-state index is -0.329. The summed E-state index contributed by atoms with van der Waals surface area (Å²) in [5, 5.41) is 18.7. The molecule has 0 radical (unpaired) electrons. The first kappa shape index (κ1) is 9.69. The molecule has 1 aliphatic rings. The van der Waals surface area contributed by atoms with E-state index in [4.69, 9.17) is 5.11 Å². The lowest BCUT2D eigenvalue weighted by Gasteiger charge is -2.09. The molecule has 0 aliphatic heterocycles. The normalized spacial score (nSPS) is 32.0. The molecule has 2 rings (SSSR count). The molecule has 1 aromatic carbocycles. The van der Waals surface area contributed by atoms with Crippen LogP contribution in [-0.4, -0.2) is 22.9 Å². The van der Waals surface area contributed by atoms with Crippen LogP contribution in [0.25, 0.3) is 0 Å². The molecular formula is C12H16O2. The van der Waals surface area contributed by atoms with Crippen LogP contribution in [0.3, 0.4) is 0 Å². The second kappa shape index (κ2) is 4.11. The lowest BCUT2D eigenvalue weighted by Crippen LogP contribution is -2.16. The molecule has 1 aromatic rings. The Kier molecular flexibility index (Phi) is 2.85. The molecule has 0 amide bonds. The van der Waals surface area contributed by atoms with Gasteiger partial charge in [0, 0.05) is 12.5 Å². The molecule has 3 unspecified atom stereocenters. The van der Waals surface area contributed by atoms with Crippen molar-refractivity contribution < 1.29 is 10.2 Å². The first-order valence-electron chi connectivity index (χ1n) is 5.15. The summed E-state index contributed by atoms with van der Waals surface area (Å²) in [6.45, 7) is 0.102. The van der Waals surface area contributed by atoms with Crippen molar-refractivity contribution in [3.63, 3.8) is 0 Å². The average molecular weight is 192 g/mol. The van der Waals surface area contributed by atoms with Gasteiger partial charge < -0.3 is 10.2 Å². The number of hydrogen-bond donors (Lipinski definition) is 2. The van der Waals surface area contributed by atoms with E-state index in [-0.39, 0.29) is 18.6 Å². The van der Waals surface area contributed by atoms with E-state index in [1.54, 1.807) is 0 Å². The smallest absolute Gasteiger partial charge is 0.0596 e. The SMILES string of the molecule is OCC1CC(c2ccccc2)CC1O. The molecule has 0 spiro atoms.